The number of guanidine groups is 1. The first-order valence-electron chi connectivity index (χ1n) is 9.88. The molecule has 0 saturated carbocycles. The van der Waals surface area contributed by atoms with Crippen LogP contribution in [-0.4, -0.2) is 10.9 Å². The number of aromatic nitrogens is 1. The summed E-state index contributed by atoms with van der Waals surface area (Å²) in [6.45, 7) is 2.33. The minimum atomic E-state index is -0.760. The molecule has 1 atom stereocenters. The third kappa shape index (κ3) is 4.31. The van der Waals surface area contributed by atoms with Crippen molar-refractivity contribution in [1.29, 1.82) is 10.5 Å². The maximum absolute atomic E-state index is 9.51. The molecule has 33 heavy (non-hydrogen) atoms. The van der Waals surface area contributed by atoms with Gasteiger partial charge in [-0.15, -0.1) is 0 Å². The molecule has 1 unspecified atom stereocenters. The van der Waals surface area contributed by atoms with Gasteiger partial charge in [0, 0.05) is 16.1 Å². The van der Waals surface area contributed by atoms with E-state index in [0.29, 0.717) is 28.5 Å². The molecule has 1 aliphatic heterocycles. The largest absolute Gasteiger partial charge is 0.489 e. The highest BCUT2D eigenvalue weighted by Crippen LogP contribution is 2.44. The number of anilines is 3. The molecule has 3 aromatic rings. The summed E-state index contributed by atoms with van der Waals surface area (Å²) in [6.07, 6.45) is 1.83. The zero-order valence-electron chi connectivity index (χ0n) is 17.6. The molecule has 0 fully saturated rings. The molecule has 0 spiro atoms. The number of nitrogen functional groups attached to an aromatic ring is 2. The number of nitriles is 2. The molecule has 1 aliphatic rings. The first kappa shape index (κ1) is 21.8. The maximum atomic E-state index is 9.51. The van der Waals surface area contributed by atoms with E-state index < -0.39 is 6.04 Å². The Bertz CT molecular complexity index is 1340. The highest BCUT2D eigenvalue weighted by molar-refractivity contribution is 6.30. The van der Waals surface area contributed by atoms with Crippen molar-refractivity contribution in [1.82, 2.24) is 10.3 Å². The Morgan fingerprint density at radius 3 is 2.64 bits per heavy atom. The first-order valence-corrected chi connectivity index (χ1v) is 10.3. The number of pyridine rings is 1. The summed E-state index contributed by atoms with van der Waals surface area (Å²) >= 11 is 6.31. The lowest BCUT2D eigenvalue weighted by molar-refractivity contribution is 0.302. The summed E-state index contributed by atoms with van der Waals surface area (Å²) in [4.78, 5) is 8.85. The van der Waals surface area contributed by atoms with Crippen LogP contribution in [0.4, 0.5) is 17.3 Å². The van der Waals surface area contributed by atoms with Crippen LogP contribution in [0.3, 0.4) is 0 Å². The maximum Gasteiger partial charge on any atom is 0.211 e. The molecule has 10 heteroatoms. The smallest absolute Gasteiger partial charge is 0.211 e. The van der Waals surface area contributed by atoms with Crippen molar-refractivity contribution in [3.8, 4) is 18.0 Å². The first-order chi connectivity index (χ1) is 15.9. The zero-order chi connectivity index (χ0) is 23.5. The number of benzene rings is 2. The fourth-order valence-corrected chi connectivity index (χ4v) is 3.70. The number of aryl methyl sites for hydroxylation is 1. The Morgan fingerprint density at radius 2 is 1.94 bits per heavy atom. The minimum Gasteiger partial charge on any atom is -0.489 e. The van der Waals surface area contributed by atoms with Crippen LogP contribution in [0, 0.1) is 29.7 Å². The number of rotatable bonds is 4. The van der Waals surface area contributed by atoms with Crippen LogP contribution >= 0.6 is 11.6 Å². The summed E-state index contributed by atoms with van der Waals surface area (Å²) in [6, 6.07) is 14.4. The van der Waals surface area contributed by atoms with Gasteiger partial charge in [0.25, 0.3) is 0 Å². The molecule has 1 aromatic heterocycles. The predicted molar refractivity (Wildman–Crippen MR) is 126 cm³/mol. The van der Waals surface area contributed by atoms with E-state index in [0.717, 1.165) is 11.1 Å². The number of hydrogen-bond acceptors (Lipinski definition) is 9. The molecule has 2 heterocycles. The topological polar surface area (TPSA) is 158 Å². The van der Waals surface area contributed by atoms with Crippen molar-refractivity contribution in [2.75, 3.05) is 16.8 Å². The number of aliphatic imine (C=N–C) groups is 1. The molecular weight excluding hydrogens is 440 g/mol. The lowest BCUT2D eigenvalue weighted by atomic mass is 9.94. The highest BCUT2D eigenvalue weighted by Gasteiger charge is 2.31. The van der Waals surface area contributed by atoms with E-state index in [9.17, 15) is 5.26 Å². The average Bonchev–Trinajstić information content (AvgIpc) is 2.79. The van der Waals surface area contributed by atoms with Crippen molar-refractivity contribution in [2.24, 2.45) is 4.99 Å². The molecule has 0 radical (unpaired) electrons. The zero-order valence-corrected chi connectivity index (χ0v) is 18.3. The normalized spacial score (nSPS) is 14.2. The van der Waals surface area contributed by atoms with Gasteiger partial charge in [-0.2, -0.15) is 10.5 Å². The quantitative estimate of drug-likeness (QED) is 0.341. The van der Waals surface area contributed by atoms with Gasteiger partial charge >= 0.3 is 0 Å². The monoisotopic (exact) mass is 458 g/mol. The third-order valence-corrected chi connectivity index (χ3v) is 5.37. The van der Waals surface area contributed by atoms with E-state index in [1.807, 2.05) is 43.5 Å². The summed E-state index contributed by atoms with van der Waals surface area (Å²) < 4.78 is 6.12. The van der Waals surface area contributed by atoms with Gasteiger partial charge in [-0.1, -0.05) is 41.4 Å². The van der Waals surface area contributed by atoms with Gasteiger partial charge in [0.2, 0.25) is 5.96 Å². The molecule has 164 valence electrons. The van der Waals surface area contributed by atoms with Crippen LogP contribution in [-0.2, 0) is 6.61 Å². The molecule has 4 rings (SSSR count). The van der Waals surface area contributed by atoms with Gasteiger partial charge in [-0.25, -0.2) is 9.98 Å². The van der Waals surface area contributed by atoms with Crippen molar-refractivity contribution in [3.63, 3.8) is 0 Å². The van der Waals surface area contributed by atoms with Gasteiger partial charge in [0.1, 0.15) is 41.7 Å². The lowest BCUT2D eigenvalue weighted by Crippen LogP contribution is -2.32. The molecule has 0 aliphatic carbocycles. The second-order valence-electron chi connectivity index (χ2n) is 7.36. The minimum absolute atomic E-state index is 0.0276. The summed E-state index contributed by atoms with van der Waals surface area (Å²) in [5.74, 6) is 0.925. The molecule has 2 aromatic carbocycles. The van der Waals surface area contributed by atoms with Gasteiger partial charge < -0.3 is 21.5 Å². The lowest BCUT2D eigenvalue weighted by Gasteiger charge is -2.27. The number of nitrogens with zero attached hydrogens (tertiary/aromatic N) is 4. The number of hydrogen-bond donors (Lipinski definition) is 4. The molecular formula is C23H19ClN8O. The number of fused-ring (bicyclic) bond motifs is 1. The van der Waals surface area contributed by atoms with Gasteiger partial charge in [-0.05, 0) is 30.7 Å². The Hall–Kier alpha value is -4.47. The Balaban J connectivity index is 1.82. The van der Waals surface area contributed by atoms with Crippen LogP contribution in [0.1, 0.15) is 33.9 Å². The fraction of sp³-hybridized carbons (Fsp3) is 0.130. The van der Waals surface area contributed by atoms with Crippen LogP contribution in [0.5, 0.6) is 5.75 Å². The molecule has 0 bridgehead atoms. The molecule has 0 saturated heterocycles. The Labute approximate surface area is 195 Å². The average molecular weight is 459 g/mol. The van der Waals surface area contributed by atoms with Crippen LogP contribution < -0.4 is 26.8 Å². The van der Waals surface area contributed by atoms with E-state index in [-0.39, 0.29) is 28.8 Å². The summed E-state index contributed by atoms with van der Waals surface area (Å²) in [7, 11) is 0. The highest BCUT2D eigenvalue weighted by atomic mass is 35.5. The van der Waals surface area contributed by atoms with Crippen LogP contribution in [0.15, 0.2) is 47.5 Å². The number of halogens is 1. The number of nitrogens with two attached hydrogens (primary N) is 2. The van der Waals surface area contributed by atoms with Crippen molar-refractivity contribution in [3.05, 3.63) is 75.3 Å². The summed E-state index contributed by atoms with van der Waals surface area (Å²) in [5.41, 5.74) is 15.6. The van der Waals surface area contributed by atoms with Crippen LogP contribution in [0.25, 0.3) is 0 Å². The second kappa shape index (κ2) is 8.95. The summed E-state index contributed by atoms with van der Waals surface area (Å²) in [5, 5.41) is 24.4. The molecule has 9 nitrogen and oxygen atoms in total. The number of ether oxygens (including phenoxy) is 1. The standard InChI is InChI=1S/C23H19ClN8O/c1-12-2-4-13(5-3-12)10-33-17-7-6-14(24)8-15(17)20-18-19(27)16(9-25)21(28)31-22(18)32-23(30-20)29-11-26/h2-8,20H,10H2,1H3,(H6,27,28,29,30,31,32). The fourth-order valence-electron chi connectivity index (χ4n) is 3.52. The van der Waals surface area contributed by atoms with E-state index >= 15 is 0 Å². The molecule has 6 N–H and O–H groups in total. The van der Waals surface area contributed by atoms with E-state index in [4.69, 9.17) is 33.1 Å². The van der Waals surface area contributed by atoms with Gasteiger partial charge in [0.15, 0.2) is 6.19 Å². The molecule has 0 amide bonds. The predicted octanol–water partition coefficient (Wildman–Crippen LogP) is 3.60. The number of nitrogens with one attached hydrogen (secondary N) is 2. The SMILES string of the molecule is Cc1ccc(COc2ccc(Cl)cc2C2N=C(NC#N)Nc3nc(N)c(C#N)c(N)c32)cc1. The van der Waals surface area contributed by atoms with Gasteiger partial charge in [0.05, 0.1) is 5.69 Å². The Morgan fingerprint density at radius 1 is 1.18 bits per heavy atom. The third-order valence-electron chi connectivity index (χ3n) is 5.14. The van der Waals surface area contributed by atoms with E-state index in [2.05, 4.69) is 20.6 Å². The van der Waals surface area contributed by atoms with Gasteiger partial charge in [-0.3, -0.25) is 5.32 Å². The van der Waals surface area contributed by atoms with E-state index in [1.165, 1.54) is 0 Å². The second-order valence-corrected chi connectivity index (χ2v) is 7.79. The Kier molecular flexibility index (Phi) is 5.90. The van der Waals surface area contributed by atoms with Crippen molar-refractivity contribution >= 4 is 34.9 Å². The van der Waals surface area contributed by atoms with Crippen molar-refractivity contribution in [2.45, 2.75) is 19.6 Å². The van der Waals surface area contributed by atoms with E-state index in [1.54, 1.807) is 18.2 Å². The van der Waals surface area contributed by atoms with Crippen LogP contribution in [0.2, 0.25) is 5.02 Å². The van der Waals surface area contributed by atoms with Crippen molar-refractivity contribution < 1.29 is 4.74 Å².